The normalized spacial score (nSPS) is 12.4. The summed E-state index contributed by atoms with van der Waals surface area (Å²) in [5.41, 5.74) is 2.43. The molecular weight excluding hydrogens is 447 g/mol. The van der Waals surface area contributed by atoms with Gasteiger partial charge in [-0.2, -0.15) is 0 Å². The van der Waals surface area contributed by atoms with Gasteiger partial charge in [-0.1, -0.05) is 47.1 Å². The topological polar surface area (TPSA) is 98.5 Å². The molecule has 0 bridgehead atoms. The predicted octanol–water partition coefficient (Wildman–Crippen LogP) is 5.30. The van der Waals surface area contributed by atoms with Crippen molar-refractivity contribution >= 4 is 33.2 Å². The van der Waals surface area contributed by atoms with Crippen LogP contribution in [0.4, 0.5) is 14.9 Å². The van der Waals surface area contributed by atoms with Gasteiger partial charge in [0.1, 0.15) is 23.3 Å². The van der Waals surface area contributed by atoms with Crippen LogP contribution in [0.3, 0.4) is 0 Å². The van der Waals surface area contributed by atoms with Crippen molar-refractivity contribution in [1.82, 2.24) is 5.16 Å². The molecule has 0 saturated heterocycles. The highest BCUT2D eigenvalue weighted by Crippen LogP contribution is 2.32. The minimum atomic E-state index is -3.15. The van der Waals surface area contributed by atoms with Gasteiger partial charge in [0.25, 0.3) is 0 Å². The van der Waals surface area contributed by atoms with Crippen molar-refractivity contribution in [2.75, 3.05) is 11.6 Å². The number of halogens is 2. The van der Waals surface area contributed by atoms with E-state index < -0.39 is 27.9 Å². The molecule has 0 spiro atoms. The van der Waals surface area contributed by atoms with E-state index in [1.807, 2.05) is 0 Å². The lowest BCUT2D eigenvalue weighted by atomic mass is 10.1. The Hall–Kier alpha value is -2.91. The van der Waals surface area contributed by atoms with Gasteiger partial charge in [0.2, 0.25) is 0 Å². The highest BCUT2D eigenvalue weighted by atomic mass is 35.5. The van der Waals surface area contributed by atoms with E-state index >= 15 is 0 Å². The van der Waals surface area contributed by atoms with Gasteiger partial charge in [-0.15, -0.1) is 0 Å². The molecule has 10 heteroatoms. The third-order valence-electron chi connectivity index (χ3n) is 4.42. The molecule has 3 aromatic rings. The third-order valence-corrected chi connectivity index (χ3v) is 5.60. The van der Waals surface area contributed by atoms with Gasteiger partial charge in [-0.05, 0) is 31.5 Å². The van der Waals surface area contributed by atoms with Crippen LogP contribution in [-0.2, 0) is 20.3 Å². The number of nitrogens with one attached hydrogen (secondary N) is 1. The predicted molar refractivity (Wildman–Crippen MR) is 115 cm³/mol. The van der Waals surface area contributed by atoms with Gasteiger partial charge in [0.15, 0.2) is 15.6 Å². The Morgan fingerprint density at radius 3 is 2.55 bits per heavy atom. The summed E-state index contributed by atoms with van der Waals surface area (Å²) in [6.07, 6.45) is -0.338. The lowest BCUT2D eigenvalue weighted by molar-refractivity contribution is 0.121. The minimum absolute atomic E-state index is 0.0794. The van der Waals surface area contributed by atoms with Crippen molar-refractivity contribution in [3.8, 4) is 11.3 Å². The third kappa shape index (κ3) is 5.83. The molecule has 1 N–H and O–H groups in total. The van der Waals surface area contributed by atoms with Crippen LogP contribution < -0.4 is 5.32 Å². The Kier molecular flexibility index (Phi) is 6.66. The van der Waals surface area contributed by atoms with Gasteiger partial charge in [-0.3, -0.25) is 5.32 Å². The smallest absolute Gasteiger partial charge is 0.412 e. The first-order valence-electron chi connectivity index (χ1n) is 9.19. The fourth-order valence-corrected chi connectivity index (χ4v) is 4.07. The van der Waals surface area contributed by atoms with Crippen LogP contribution in [0.25, 0.3) is 11.3 Å². The Morgan fingerprint density at radius 2 is 1.94 bits per heavy atom. The second-order valence-corrected chi connectivity index (χ2v) is 9.62. The number of aromatic nitrogens is 1. The second-order valence-electron chi connectivity index (χ2n) is 7.08. The molecule has 164 valence electrons. The van der Waals surface area contributed by atoms with E-state index in [1.54, 1.807) is 38.1 Å². The number of ether oxygens (including phenoxy) is 1. The summed E-state index contributed by atoms with van der Waals surface area (Å²) < 4.78 is 46.8. The molecule has 2 aromatic carbocycles. The van der Waals surface area contributed by atoms with Crippen LogP contribution >= 0.6 is 11.6 Å². The van der Waals surface area contributed by atoms with E-state index in [9.17, 15) is 17.6 Å². The number of amides is 1. The molecule has 1 aromatic heterocycles. The number of hydrogen-bond donors (Lipinski definition) is 1. The summed E-state index contributed by atoms with van der Waals surface area (Å²) in [5, 5.41) is 6.65. The maximum Gasteiger partial charge on any atom is 0.412 e. The average molecular weight is 467 g/mol. The molecule has 1 unspecified atom stereocenters. The molecule has 0 aliphatic rings. The van der Waals surface area contributed by atoms with Crippen LogP contribution in [0.5, 0.6) is 0 Å². The number of aryl methyl sites for hydroxylation is 1. The van der Waals surface area contributed by atoms with Gasteiger partial charge in [0.05, 0.1) is 10.8 Å². The average Bonchev–Trinajstić information content (AvgIpc) is 3.01. The highest BCUT2D eigenvalue weighted by molar-refractivity contribution is 7.89. The number of benzene rings is 2. The molecule has 1 atom stereocenters. The minimum Gasteiger partial charge on any atom is -0.441 e. The largest absolute Gasteiger partial charge is 0.441 e. The first-order chi connectivity index (χ1) is 14.5. The Balaban J connectivity index is 1.75. The van der Waals surface area contributed by atoms with Crippen LogP contribution in [0.1, 0.15) is 29.8 Å². The van der Waals surface area contributed by atoms with E-state index in [-0.39, 0.29) is 10.8 Å². The zero-order valence-electron chi connectivity index (χ0n) is 17.0. The number of nitrogens with zero attached hydrogens (tertiary/aromatic N) is 1. The molecule has 0 aliphatic carbocycles. The quantitative estimate of drug-likeness (QED) is 0.529. The first-order valence-corrected chi connectivity index (χ1v) is 11.6. The number of rotatable bonds is 6. The Labute approximate surface area is 184 Å². The summed E-state index contributed by atoms with van der Waals surface area (Å²) in [7, 11) is -3.15. The van der Waals surface area contributed by atoms with E-state index in [2.05, 4.69) is 10.5 Å². The first kappa shape index (κ1) is 22.8. The summed E-state index contributed by atoms with van der Waals surface area (Å²) >= 11 is 6.02. The molecular formula is C21H20ClFN2O5S. The molecule has 3 rings (SSSR count). The van der Waals surface area contributed by atoms with Gasteiger partial charge in [0, 0.05) is 17.4 Å². The fraction of sp³-hybridized carbons (Fsp3) is 0.238. The lowest BCUT2D eigenvalue weighted by Crippen LogP contribution is -2.17. The van der Waals surface area contributed by atoms with E-state index in [1.165, 1.54) is 12.1 Å². The maximum absolute atomic E-state index is 13.2. The molecule has 31 heavy (non-hydrogen) atoms. The summed E-state index contributed by atoms with van der Waals surface area (Å²) in [6.45, 7) is 3.27. The Bertz CT molecular complexity index is 1210. The number of sulfone groups is 1. The van der Waals surface area contributed by atoms with Crippen molar-refractivity contribution in [3.63, 3.8) is 0 Å². The summed E-state index contributed by atoms with van der Waals surface area (Å²) in [5.74, 6) is -0.269. The number of anilines is 1. The van der Waals surface area contributed by atoms with Gasteiger partial charge >= 0.3 is 6.09 Å². The van der Waals surface area contributed by atoms with Crippen molar-refractivity contribution < 1.29 is 26.9 Å². The molecule has 1 heterocycles. The van der Waals surface area contributed by atoms with Crippen LogP contribution in [0.2, 0.25) is 5.02 Å². The lowest BCUT2D eigenvalue weighted by Gasteiger charge is -2.15. The van der Waals surface area contributed by atoms with Crippen molar-refractivity contribution in [3.05, 3.63) is 70.1 Å². The number of carbonyl (C=O) groups excluding carboxylic acids is 1. The Morgan fingerprint density at radius 1 is 1.26 bits per heavy atom. The summed E-state index contributed by atoms with van der Waals surface area (Å²) in [4.78, 5) is 12.4. The number of hydrogen-bond acceptors (Lipinski definition) is 6. The van der Waals surface area contributed by atoms with Gasteiger partial charge in [-0.25, -0.2) is 17.6 Å². The standard InChI is InChI=1S/C21H20ClFN2O5S/c1-12-19(24-21(26)29-13(2)17-9-8-16(23)10-18(17)22)20(30-25-12)15-6-4-14(5-7-15)11-31(3,27)28/h4-10,13H,11H2,1-3H3,(H,24,26). The molecule has 0 fully saturated rings. The van der Waals surface area contributed by atoms with Crippen LogP contribution in [-0.4, -0.2) is 25.9 Å². The molecule has 0 aliphatic heterocycles. The van der Waals surface area contributed by atoms with E-state index in [0.717, 1.165) is 12.3 Å². The van der Waals surface area contributed by atoms with Gasteiger partial charge < -0.3 is 9.26 Å². The van der Waals surface area contributed by atoms with Crippen LogP contribution in [0.15, 0.2) is 47.0 Å². The van der Waals surface area contributed by atoms with Crippen LogP contribution in [0, 0.1) is 12.7 Å². The number of carbonyl (C=O) groups is 1. The van der Waals surface area contributed by atoms with Crippen molar-refractivity contribution in [2.45, 2.75) is 25.7 Å². The molecule has 1 amide bonds. The van der Waals surface area contributed by atoms with E-state index in [4.69, 9.17) is 20.9 Å². The second kappa shape index (κ2) is 9.07. The molecule has 0 saturated carbocycles. The van der Waals surface area contributed by atoms with Crippen molar-refractivity contribution in [2.24, 2.45) is 0 Å². The SMILES string of the molecule is Cc1noc(-c2ccc(CS(C)(=O)=O)cc2)c1NC(=O)OC(C)c1ccc(F)cc1Cl. The highest BCUT2D eigenvalue weighted by Gasteiger charge is 2.21. The zero-order valence-corrected chi connectivity index (χ0v) is 18.6. The van der Waals surface area contributed by atoms with Crippen molar-refractivity contribution in [1.29, 1.82) is 0 Å². The fourth-order valence-electron chi connectivity index (χ4n) is 2.96. The summed E-state index contributed by atoms with van der Waals surface area (Å²) in [6, 6.07) is 10.5. The molecule has 7 nitrogen and oxygen atoms in total. The van der Waals surface area contributed by atoms with E-state index in [0.29, 0.717) is 33.8 Å². The maximum atomic E-state index is 13.2. The monoisotopic (exact) mass is 466 g/mol. The zero-order chi connectivity index (χ0) is 22.8. The molecule has 0 radical (unpaired) electrons.